The second-order valence-electron chi connectivity index (χ2n) is 7.43. The Labute approximate surface area is 187 Å². The van der Waals surface area contributed by atoms with E-state index in [4.69, 9.17) is 11.6 Å². The highest BCUT2D eigenvalue weighted by atomic mass is 35.5. The molecule has 1 aromatic carbocycles. The van der Waals surface area contributed by atoms with Gasteiger partial charge in [-0.2, -0.15) is 0 Å². The minimum Gasteiger partial charge on any atom is -0.375 e. The molecule has 0 aliphatic heterocycles. The standard InChI is InChI=1S/C21H20ClN3O3S2/c1-11-23-15-6-3-12(22)9-14(15)19(24-11)29-10-16(26)17-7-8-18(30-17)21(2,28)20(27)25-13-4-5-13/h3,6-9,13,28H,4-5,10H2,1-2H3,(H,25,27)/t21-/m1/s1. The van der Waals surface area contributed by atoms with Crippen molar-refractivity contribution in [3.05, 3.63) is 50.9 Å². The van der Waals surface area contributed by atoms with Gasteiger partial charge in [-0.15, -0.1) is 11.3 Å². The van der Waals surface area contributed by atoms with Crippen molar-refractivity contribution < 1.29 is 14.7 Å². The summed E-state index contributed by atoms with van der Waals surface area (Å²) < 4.78 is 0. The van der Waals surface area contributed by atoms with Gasteiger partial charge in [0.2, 0.25) is 0 Å². The SMILES string of the molecule is Cc1nc(SCC(=O)c2ccc([C@@](C)(O)C(=O)NC3CC3)s2)c2cc(Cl)ccc2n1. The number of aliphatic hydroxyl groups is 1. The Bertz CT molecular complexity index is 1140. The molecule has 30 heavy (non-hydrogen) atoms. The molecule has 1 fully saturated rings. The highest BCUT2D eigenvalue weighted by Crippen LogP contribution is 2.32. The van der Waals surface area contributed by atoms with Gasteiger partial charge < -0.3 is 10.4 Å². The molecule has 6 nitrogen and oxygen atoms in total. The van der Waals surface area contributed by atoms with Gasteiger partial charge in [-0.05, 0) is 57.0 Å². The maximum absolute atomic E-state index is 12.7. The first-order valence-corrected chi connectivity index (χ1v) is 11.7. The van der Waals surface area contributed by atoms with Crippen LogP contribution in [0.4, 0.5) is 0 Å². The van der Waals surface area contributed by atoms with Gasteiger partial charge in [0.05, 0.1) is 16.1 Å². The monoisotopic (exact) mass is 461 g/mol. The molecule has 1 amide bonds. The lowest BCUT2D eigenvalue weighted by molar-refractivity contribution is -0.138. The number of carbonyl (C=O) groups is 2. The summed E-state index contributed by atoms with van der Waals surface area (Å²) in [4.78, 5) is 34.9. The van der Waals surface area contributed by atoms with Crippen LogP contribution in [0.3, 0.4) is 0 Å². The number of hydrogen-bond acceptors (Lipinski definition) is 7. The van der Waals surface area contributed by atoms with Crippen molar-refractivity contribution in [2.75, 3.05) is 5.75 Å². The summed E-state index contributed by atoms with van der Waals surface area (Å²) in [5.74, 6) is 0.270. The Morgan fingerprint density at radius 3 is 2.80 bits per heavy atom. The molecule has 0 saturated heterocycles. The van der Waals surface area contributed by atoms with E-state index in [0.717, 1.165) is 35.1 Å². The van der Waals surface area contributed by atoms with E-state index in [2.05, 4.69) is 15.3 Å². The Balaban J connectivity index is 1.48. The topological polar surface area (TPSA) is 92.2 Å². The molecule has 0 unspecified atom stereocenters. The third-order valence-electron chi connectivity index (χ3n) is 4.79. The van der Waals surface area contributed by atoms with Crippen LogP contribution in [0, 0.1) is 6.92 Å². The second-order valence-corrected chi connectivity index (χ2v) is 9.92. The van der Waals surface area contributed by atoms with Crippen molar-refractivity contribution in [2.24, 2.45) is 0 Å². The molecule has 2 aromatic heterocycles. The van der Waals surface area contributed by atoms with Gasteiger partial charge in [0.15, 0.2) is 11.4 Å². The van der Waals surface area contributed by atoms with Crippen molar-refractivity contribution in [3.8, 4) is 0 Å². The number of hydrogen-bond donors (Lipinski definition) is 2. The highest BCUT2D eigenvalue weighted by molar-refractivity contribution is 8.00. The number of ketones is 1. The van der Waals surface area contributed by atoms with Crippen LogP contribution in [-0.4, -0.2) is 38.6 Å². The molecule has 1 saturated carbocycles. The van der Waals surface area contributed by atoms with Crippen LogP contribution < -0.4 is 5.32 Å². The first-order chi connectivity index (χ1) is 14.2. The van der Waals surface area contributed by atoms with Gasteiger partial charge in [0.25, 0.3) is 5.91 Å². The van der Waals surface area contributed by atoms with Gasteiger partial charge in [-0.25, -0.2) is 9.97 Å². The van der Waals surface area contributed by atoms with E-state index in [0.29, 0.717) is 25.6 Å². The maximum atomic E-state index is 12.7. The second kappa shape index (κ2) is 8.26. The first-order valence-electron chi connectivity index (χ1n) is 9.47. The summed E-state index contributed by atoms with van der Waals surface area (Å²) in [6.07, 6.45) is 1.88. The van der Waals surface area contributed by atoms with Crippen LogP contribution in [0.1, 0.15) is 40.1 Å². The van der Waals surface area contributed by atoms with Crippen LogP contribution in [0.5, 0.6) is 0 Å². The molecule has 1 atom stereocenters. The number of thiophene rings is 1. The number of benzene rings is 1. The number of amides is 1. The van der Waals surface area contributed by atoms with Crippen LogP contribution >= 0.6 is 34.7 Å². The highest BCUT2D eigenvalue weighted by Gasteiger charge is 2.37. The molecule has 2 N–H and O–H groups in total. The molecule has 156 valence electrons. The van der Waals surface area contributed by atoms with Crippen molar-refractivity contribution >= 4 is 57.3 Å². The van der Waals surface area contributed by atoms with Crippen LogP contribution in [0.25, 0.3) is 10.9 Å². The number of aryl methyl sites for hydroxylation is 1. The number of thioether (sulfide) groups is 1. The van der Waals surface area contributed by atoms with Crippen LogP contribution in [0.2, 0.25) is 5.02 Å². The molecule has 2 heterocycles. The fourth-order valence-electron chi connectivity index (χ4n) is 2.91. The van der Waals surface area contributed by atoms with E-state index in [1.165, 1.54) is 18.7 Å². The van der Waals surface area contributed by atoms with Crippen molar-refractivity contribution in [1.82, 2.24) is 15.3 Å². The lowest BCUT2D eigenvalue weighted by atomic mass is 10.0. The molecule has 3 aromatic rings. The van der Waals surface area contributed by atoms with E-state index >= 15 is 0 Å². The van der Waals surface area contributed by atoms with E-state index in [-0.39, 0.29) is 17.6 Å². The Morgan fingerprint density at radius 2 is 2.07 bits per heavy atom. The third-order valence-corrected chi connectivity index (χ3v) is 7.35. The summed E-state index contributed by atoms with van der Waals surface area (Å²) in [5, 5.41) is 15.5. The smallest absolute Gasteiger partial charge is 0.257 e. The quantitative estimate of drug-likeness (QED) is 0.312. The fourth-order valence-corrected chi connectivity index (χ4v) is 5.10. The molecule has 9 heteroatoms. The Hall–Kier alpha value is -2.00. The van der Waals surface area contributed by atoms with Crippen LogP contribution in [0.15, 0.2) is 35.4 Å². The van der Waals surface area contributed by atoms with E-state index in [9.17, 15) is 14.7 Å². The molecule has 0 radical (unpaired) electrons. The zero-order chi connectivity index (χ0) is 21.5. The number of nitrogens with one attached hydrogen (secondary N) is 1. The normalized spacial score (nSPS) is 15.7. The zero-order valence-corrected chi connectivity index (χ0v) is 18.8. The van der Waals surface area contributed by atoms with Crippen molar-refractivity contribution in [2.45, 2.75) is 43.4 Å². The number of fused-ring (bicyclic) bond motifs is 1. The molecule has 4 rings (SSSR count). The first kappa shape index (κ1) is 21.2. The van der Waals surface area contributed by atoms with Crippen molar-refractivity contribution in [3.63, 3.8) is 0 Å². The molecule has 0 bridgehead atoms. The number of carbonyl (C=O) groups excluding carboxylic acids is 2. The summed E-state index contributed by atoms with van der Waals surface area (Å²) in [6, 6.07) is 8.84. The minimum absolute atomic E-state index is 0.0962. The molecular formula is C21H20ClN3O3S2. The largest absolute Gasteiger partial charge is 0.375 e. The van der Waals surface area contributed by atoms with E-state index in [1.54, 1.807) is 31.2 Å². The lowest BCUT2D eigenvalue weighted by Gasteiger charge is -2.20. The average molecular weight is 462 g/mol. The number of Topliss-reactive ketones (excluding diaryl/α,β-unsaturated/α-hetero) is 1. The molecule has 1 aliphatic carbocycles. The van der Waals surface area contributed by atoms with Gasteiger partial charge in [-0.1, -0.05) is 23.4 Å². The summed E-state index contributed by atoms with van der Waals surface area (Å²) in [5.41, 5.74) is -0.881. The number of halogens is 1. The Kier molecular flexibility index (Phi) is 5.85. The van der Waals surface area contributed by atoms with Gasteiger partial charge >= 0.3 is 0 Å². The van der Waals surface area contributed by atoms with Crippen molar-refractivity contribution in [1.29, 1.82) is 0 Å². The predicted octanol–water partition coefficient (Wildman–Crippen LogP) is 4.11. The molecule has 1 aliphatic rings. The fraction of sp³-hybridized carbons (Fsp3) is 0.333. The average Bonchev–Trinajstić information content (AvgIpc) is 3.36. The Morgan fingerprint density at radius 1 is 1.30 bits per heavy atom. The predicted molar refractivity (Wildman–Crippen MR) is 119 cm³/mol. The number of nitrogens with zero attached hydrogens (tertiary/aromatic N) is 2. The van der Waals surface area contributed by atoms with E-state index < -0.39 is 11.5 Å². The summed E-state index contributed by atoms with van der Waals surface area (Å²) in [7, 11) is 0. The molecular weight excluding hydrogens is 442 g/mol. The lowest BCUT2D eigenvalue weighted by Crippen LogP contribution is -2.42. The summed E-state index contributed by atoms with van der Waals surface area (Å²) >= 11 is 8.57. The maximum Gasteiger partial charge on any atom is 0.257 e. The van der Waals surface area contributed by atoms with Gasteiger partial charge in [0, 0.05) is 21.3 Å². The van der Waals surface area contributed by atoms with Gasteiger partial charge in [-0.3, -0.25) is 9.59 Å². The van der Waals surface area contributed by atoms with Crippen LogP contribution in [-0.2, 0) is 10.4 Å². The molecule has 0 spiro atoms. The summed E-state index contributed by atoms with van der Waals surface area (Å²) in [6.45, 7) is 3.26. The van der Waals surface area contributed by atoms with Gasteiger partial charge in [0.1, 0.15) is 10.9 Å². The zero-order valence-electron chi connectivity index (χ0n) is 16.4. The van der Waals surface area contributed by atoms with E-state index in [1.807, 2.05) is 6.07 Å². The third kappa shape index (κ3) is 4.51. The number of rotatable bonds is 7. The minimum atomic E-state index is -1.66. The number of aromatic nitrogens is 2.